The number of likely N-dealkylation sites (tertiary alicyclic amines) is 1. The molecule has 0 aliphatic carbocycles. The van der Waals surface area contributed by atoms with Crippen LogP contribution in [-0.2, 0) is 0 Å². The Morgan fingerprint density at radius 3 is 2.75 bits per heavy atom. The van der Waals surface area contributed by atoms with Crippen LogP contribution < -0.4 is 5.32 Å². The van der Waals surface area contributed by atoms with Gasteiger partial charge in [-0.3, -0.25) is 4.90 Å². The molecule has 16 heavy (non-hydrogen) atoms. The van der Waals surface area contributed by atoms with Gasteiger partial charge in [-0.15, -0.1) is 0 Å². The fraction of sp³-hybridized carbons (Fsp3) is 1.00. The van der Waals surface area contributed by atoms with Crippen LogP contribution in [0.4, 0.5) is 0 Å². The van der Waals surface area contributed by atoms with Gasteiger partial charge in [0, 0.05) is 25.2 Å². The van der Waals surface area contributed by atoms with Crippen LogP contribution in [-0.4, -0.2) is 47.3 Å². The first-order valence-electron chi connectivity index (χ1n) is 6.64. The first-order chi connectivity index (χ1) is 7.44. The number of aliphatic hydroxyl groups is 1. The molecule has 1 rings (SSSR count). The second-order valence-corrected chi connectivity index (χ2v) is 5.71. The highest BCUT2D eigenvalue weighted by Crippen LogP contribution is 2.21. The molecular weight excluding hydrogens is 200 g/mol. The number of nitrogens with one attached hydrogen (secondary N) is 1. The first-order valence-corrected chi connectivity index (χ1v) is 6.64. The lowest BCUT2D eigenvalue weighted by molar-refractivity contribution is 0.0145. The van der Waals surface area contributed by atoms with Crippen LogP contribution >= 0.6 is 0 Å². The molecule has 3 heteroatoms. The Bertz CT molecular complexity index is 204. The van der Waals surface area contributed by atoms with Gasteiger partial charge in [0.05, 0.1) is 5.60 Å². The maximum atomic E-state index is 10.3. The Morgan fingerprint density at radius 2 is 2.19 bits per heavy atom. The molecular formula is C13H28N2O. The molecule has 1 aliphatic heterocycles. The van der Waals surface area contributed by atoms with Gasteiger partial charge in [-0.05, 0) is 32.7 Å². The van der Waals surface area contributed by atoms with Crippen molar-refractivity contribution < 1.29 is 5.11 Å². The van der Waals surface area contributed by atoms with E-state index in [1.54, 1.807) is 0 Å². The van der Waals surface area contributed by atoms with Crippen LogP contribution in [0, 0.1) is 0 Å². The Hall–Kier alpha value is -0.120. The molecule has 1 heterocycles. The molecule has 0 spiro atoms. The van der Waals surface area contributed by atoms with E-state index in [2.05, 4.69) is 31.0 Å². The van der Waals surface area contributed by atoms with E-state index in [0.717, 1.165) is 13.1 Å². The van der Waals surface area contributed by atoms with Crippen molar-refractivity contribution in [2.75, 3.05) is 19.6 Å². The molecule has 0 bridgehead atoms. The third kappa shape index (κ3) is 4.40. The predicted molar refractivity (Wildman–Crippen MR) is 68.6 cm³/mol. The summed E-state index contributed by atoms with van der Waals surface area (Å²) in [5.41, 5.74) is -0.609. The van der Waals surface area contributed by atoms with Crippen molar-refractivity contribution in [2.45, 2.75) is 64.6 Å². The van der Waals surface area contributed by atoms with Gasteiger partial charge in [-0.2, -0.15) is 0 Å². The Labute approximate surface area is 100 Å². The van der Waals surface area contributed by atoms with E-state index >= 15 is 0 Å². The lowest BCUT2D eigenvalue weighted by atomic mass is 10.0. The van der Waals surface area contributed by atoms with Crippen molar-refractivity contribution in [3.63, 3.8) is 0 Å². The summed E-state index contributed by atoms with van der Waals surface area (Å²) in [7, 11) is 0. The van der Waals surface area contributed by atoms with Crippen molar-refractivity contribution in [1.82, 2.24) is 10.2 Å². The number of hydrogen-bond acceptors (Lipinski definition) is 3. The second-order valence-electron chi connectivity index (χ2n) is 5.71. The van der Waals surface area contributed by atoms with E-state index in [1.807, 2.05) is 6.92 Å². The molecule has 0 amide bonds. The minimum atomic E-state index is -0.609. The molecule has 2 N–H and O–H groups in total. The highest BCUT2D eigenvalue weighted by molar-refractivity contribution is 4.86. The molecule has 96 valence electrons. The zero-order valence-electron chi connectivity index (χ0n) is 11.3. The standard InChI is InChI=1S/C13H28N2O/c1-5-12-7-6-8-15(12)10-13(4,16)9-14-11(2)3/h11-12,14,16H,5-10H2,1-4H3. The third-order valence-electron chi connectivity index (χ3n) is 3.41. The van der Waals surface area contributed by atoms with E-state index in [1.165, 1.54) is 19.3 Å². The highest BCUT2D eigenvalue weighted by atomic mass is 16.3. The van der Waals surface area contributed by atoms with Crippen LogP contribution in [0.1, 0.15) is 47.0 Å². The van der Waals surface area contributed by atoms with Crippen LogP contribution in [0.2, 0.25) is 0 Å². The summed E-state index contributed by atoms with van der Waals surface area (Å²) >= 11 is 0. The number of nitrogens with zero attached hydrogens (tertiary/aromatic N) is 1. The van der Waals surface area contributed by atoms with Crippen LogP contribution in [0.25, 0.3) is 0 Å². The molecule has 0 aromatic rings. The number of hydrogen-bond donors (Lipinski definition) is 2. The molecule has 3 nitrogen and oxygen atoms in total. The summed E-state index contributed by atoms with van der Waals surface area (Å²) in [5, 5.41) is 13.6. The largest absolute Gasteiger partial charge is 0.388 e. The molecule has 0 radical (unpaired) electrons. The third-order valence-corrected chi connectivity index (χ3v) is 3.41. The minimum Gasteiger partial charge on any atom is -0.388 e. The quantitative estimate of drug-likeness (QED) is 0.725. The van der Waals surface area contributed by atoms with Gasteiger partial charge in [0.15, 0.2) is 0 Å². The molecule has 0 aromatic carbocycles. The van der Waals surface area contributed by atoms with Gasteiger partial charge in [-0.25, -0.2) is 0 Å². The van der Waals surface area contributed by atoms with E-state index < -0.39 is 5.60 Å². The van der Waals surface area contributed by atoms with E-state index in [-0.39, 0.29) is 0 Å². The van der Waals surface area contributed by atoms with E-state index in [9.17, 15) is 5.11 Å². The predicted octanol–water partition coefficient (Wildman–Crippen LogP) is 1.61. The zero-order valence-corrected chi connectivity index (χ0v) is 11.3. The van der Waals surface area contributed by atoms with Crippen molar-refractivity contribution in [3.8, 4) is 0 Å². The van der Waals surface area contributed by atoms with Gasteiger partial charge in [0.25, 0.3) is 0 Å². The molecule has 0 aromatic heterocycles. The van der Waals surface area contributed by atoms with Gasteiger partial charge >= 0.3 is 0 Å². The Kier molecular flexibility index (Phi) is 5.22. The zero-order chi connectivity index (χ0) is 12.2. The fourth-order valence-corrected chi connectivity index (χ4v) is 2.48. The van der Waals surface area contributed by atoms with E-state index in [4.69, 9.17) is 0 Å². The van der Waals surface area contributed by atoms with Gasteiger partial charge in [0.2, 0.25) is 0 Å². The average molecular weight is 228 g/mol. The van der Waals surface area contributed by atoms with Crippen molar-refractivity contribution in [3.05, 3.63) is 0 Å². The Morgan fingerprint density at radius 1 is 1.50 bits per heavy atom. The van der Waals surface area contributed by atoms with Crippen LogP contribution in [0.15, 0.2) is 0 Å². The SMILES string of the molecule is CCC1CCCN1CC(C)(O)CNC(C)C. The van der Waals surface area contributed by atoms with Crippen molar-refractivity contribution >= 4 is 0 Å². The summed E-state index contributed by atoms with van der Waals surface area (Å²) < 4.78 is 0. The van der Waals surface area contributed by atoms with E-state index in [0.29, 0.717) is 18.6 Å². The smallest absolute Gasteiger partial charge is 0.0869 e. The molecule has 1 aliphatic rings. The topological polar surface area (TPSA) is 35.5 Å². The van der Waals surface area contributed by atoms with Crippen molar-refractivity contribution in [1.29, 1.82) is 0 Å². The number of β-amino-alcohol motifs (C(OH)–C–C–N with tert-alkyl or cyclic N) is 1. The maximum Gasteiger partial charge on any atom is 0.0869 e. The monoisotopic (exact) mass is 228 g/mol. The van der Waals surface area contributed by atoms with Gasteiger partial charge in [-0.1, -0.05) is 20.8 Å². The summed E-state index contributed by atoms with van der Waals surface area (Å²) in [5.74, 6) is 0. The molecule has 2 atom stereocenters. The number of rotatable bonds is 6. The molecule has 2 unspecified atom stereocenters. The van der Waals surface area contributed by atoms with Crippen LogP contribution in [0.3, 0.4) is 0 Å². The Balaban J connectivity index is 2.38. The maximum absolute atomic E-state index is 10.3. The summed E-state index contributed by atoms with van der Waals surface area (Å²) in [6.07, 6.45) is 3.78. The summed E-state index contributed by atoms with van der Waals surface area (Å²) in [6.45, 7) is 11.0. The lowest BCUT2D eigenvalue weighted by Gasteiger charge is -2.33. The highest BCUT2D eigenvalue weighted by Gasteiger charge is 2.30. The minimum absolute atomic E-state index is 0.437. The second kappa shape index (κ2) is 5.99. The first kappa shape index (κ1) is 13.9. The van der Waals surface area contributed by atoms with Gasteiger partial charge in [0.1, 0.15) is 0 Å². The van der Waals surface area contributed by atoms with Crippen LogP contribution in [0.5, 0.6) is 0 Å². The average Bonchev–Trinajstić information content (AvgIpc) is 2.61. The van der Waals surface area contributed by atoms with Gasteiger partial charge < -0.3 is 10.4 Å². The fourth-order valence-electron chi connectivity index (χ4n) is 2.48. The summed E-state index contributed by atoms with van der Waals surface area (Å²) in [4.78, 5) is 2.45. The molecule has 1 fully saturated rings. The molecule has 1 saturated heterocycles. The lowest BCUT2D eigenvalue weighted by Crippen LogP contribution is -2.49. The normalized spacial score (nSPS) is 26.2. The molecule has 0 saturated carbocycles. The van der Waals surface area contributed by atoms with Crippen molar-refractivity contribution in [2.24, 2.45) is 0 Å². The summed E-state index contributed by atoms with van der Waals surface area (Å²) in [6, 6.07) is 1.12.